The summed E-state index contributed by atoms with van der Waals surface area (Å²) >= 11 is 0. The third kappa shape index (κ3) is 504. The van der Waals surface area contributed by atoms with E-state index in [2.05, 4.69) is 0 Å². The Kier molecular flexibility index (Phi) is 27.3. The van der Waals surface area contributed by atoms with Crippen LogP contribution in [0.1, 0.15) is 0 Å². The van der Waals surface area contributed by atoms with Crippen molar-refractivity contribution < 1.29 is 57.0 Å². The summed E-state index contributed by atoms with van der Waals surface area (Å²) in [6.45, 7) is 0. The fraction of sp³-hybridized carbons (Fsp3) is 0. The van der Waals surface area contributed by atoms with Crippen LogP contribution >= 0.6 is 15.6 Å². The largest absolute Gasteiger partial charge is 0 e. The van der Waals surface area contributed by atoms with E-state index in [-0.39, 0.29) is 56.3 Å². The molecule has 0 aromatic rings. The first kappa shape index (κ1) is 29.4. The molecule has 13 heavy (non-hydrogen) atoms. The topological polar surface area (TPSA) is 156 Å². The first-order valence-electron chi connectivity index (χ1n) is 1.57. The van der Waals surface area contributed by atoms with E-state index in [1.165, 1.54) is 0 Å². The van der Waals surface area contributed by atoms with Gasteiger partial charge in [0.1, 0.15) is 0 Å². The number of hydrogen-bond acceptors (Lipinski definition) is 2. The van der Waals surface area contributed by atoms with Gasteiger partial charge >= 0.3 is 53.4 Å². The minimum atomic E-state index is -4.64. The number of phosphoric acid groups is 2. The van der Waals surface area contributed by atoms with Crippen LogP contribution in [0.5, 0.6) is 0 Å². The van der Waals surface area contributed by atoms with E-state index >= 15 is 0 Å². The zero-order chi connectivity index (χ0) is 9.00. The van der Waals surface area contributed by atoms with Crippen molar-refractivity contribution in [2.45, 2.75) is 0 Å². The Labute approximate surface area is 110 Å². The Morgan fingerprint density at radius 2 is 0.615 bits per heavy atom. The van der Waals surface area contributed by atoms with Crippen LogP contribution in [0.2, 0.25) is 0 Å². The molecule has 0 saturated heterocycles. The summed E-state index contributed by atoms with van der Waals surface area (Å²) in [4.78, 5) is 43.1. The fourth-order valence-corrected chi connectivity index (χ4v) is 0. The van der Waals surface area contributed by atoms with Gasteiger partial charge < -0.3 is 29.4 Å². The molecule has 0 bridgehead atoms. The molecule has 1 radical (unpaired) electrons. The normalized spacial score (nSPS) is 9.08. The average Bonchev–Trinajstić information content (AvgIpc) is 1.12. The summed E-state index contributed by atoms with van der Waals surface area (Å²) in [6, 6.07) is 0. The van der Waals surface area contributed by atoms with Gasteiger partial charge in [0.2, 0.25) is 0 Å². The maximum Gasteiger partial charge on any atom is 0 e. The Bertz CT molecular complexity index is 132. The van der Waals surface area contributed by atoms with E-state index in [4.69, 9.17) is 38.5 Å². The maximum atomic E-state index is 8.88. The van der Waals surface area contributed by atoms with Gasteiger partial charge in [-0.2, -0.15) is 0 Å². The maximum absolute atomic E-state index is 8.88. The Hall–Kier alpha value is 2.00. The van der Waals surface area contributed by atoms with Crippen LogP contribution in [-0.4, -0.2) is 67.1 Å². The van der Waals surface area contributed by atoms with Gasteiger partial charge in [-0.1, -0.05) is 0 Å². The number of hydrogen-bond donors (Lipinski definition) is 6. The first-order valence-corrected chi connectivity index (χ1v) is 4.70. The van der Waals surface area contributed by atoms with Crippen molar-refractivity contribution in [1.29, 1.82) is 0 Å². The van der Waals surface area contributed by atoms with E-state index < -0.39 is 15.6 Å². The molecular formula is H8Li2O8P2V. The van der Waals surface area contributed by atoms with Gasteiger partial charge in [-0.05, 0) is 0 Å². The van der Waals surface area contributed by atoms with E-state index in [1.807, 2.05) is 0 Å². The summed E-state index contributed by atoms with van der Waals surface area (Å²) in [5.74, 6) is 0. The van der Waals surface area contributed by atoms with Crippen LogP contribution in [0.25, 0.3) is 0 Å². The van der Waals surface area contributed by atoms with Crippen molar-refractivity contribution in [3.63, 3.8) is 0 Å². The Morgan fingerprint density at radius 1 is 0.615 bits per heavy atom. The van der Waals surface area contributed by atoms with Crippen molar-refractivity contribution >= 4 is 53.4 Å². The zero-order valence-electron chi connectivity index (χ0n) is 4.84. The molecule has 0 atom stereocenters. The predicted molar refractivity (Wildman–Crippen MR) is 42.8 cm³/mol. The van der Waals surface area contributed by atoms with Crippen molar-refractivity contribution in [2.24, 2.45) is 0 Å². The Morgan fingerprint density at radius 3 is 0.615 bits per heavy atom. The van der Waals surface area contributed by atoms with Crippen LogP contribution in [-0.2, 0) is 27.7 Å². The summed E-state index contributed by atoms with van der Waals surface area (Å²) in [5, 5.41) is 0. The molecule has 0 aromatic heterocycles. The summed E-state index contributed by atoms with van der Waals surface area (Å²) < 4.78 is 17.8. The van der Waals surface area contributed by atoms with Gasteiger partial charge in [-0.15, -0.1) is 0 Å². The van der Waals surface area contributed by atoms with Gasteiger partial charge in [0.15, 0.2) is 0 Å². The minimum Gasteiger partial charge on any atom is 0 e. The summed E-state index contributed by atoms with van der Waals surface area (Å²) in [5.41, 5.74) is 0. The molecule has 0 aromatic carbocycles. The SMILES string of the molecule is O=P(O)(O)O.O=P(O)(O)O.[LiH].[LiH].[V]. The summed E-state index contributed by atoms with van der Waals surface area (Å²) in [7, 11) is -9.28. The van der Waals surface area contributed by atoms with Crippen molar-refractivity contribution in [3.8, 4) is 0 Å². The molecule has 0 aliphatic rings. The van der Waals surface area contributed by atoms with Crippen LogP contribution in [0.4, 0.5) is 0 Å². The smallest absolute Gasteiger partial charge is 0 e. The van der Waals surface area contributed by atoms with Crippen LogP contribution in [0, 0.1) is 0 Å². The van der Waals surface area contributed by atoms with Crippen molar-refractivity contribution in [1.82, 2.24) is 0 Å². The molecule has 0 fully saturated rings. The molecule has 0 saturated carbocycles. The molecule has 0 heterocycles. The molecule has 6 N–H and O–H groups in total. The number of rotatable bonds is 0. The molecule has 73 valence electrons. The predicted octanol–water partition coefficient (Wildman–Crippen LogP) is -3.16. The van der Waals surface area contributed by atoms with E-state index in [9.17, 15) is 0 Å². The van der Waals surface area contributed by atoms with Gasteiger partial charge in [0, 0.05) is 18.6 Å². The standard InChI is InChI=1S/2Li.2H3O4P.V.2H/c;;2*1-5(2,3)4;;;/h;;2*(H3,1,2,3,4);;;. The van der Waals surface area contributed by atoms with Crippen LogP contribution in [0.3, 0.4) is 0 Å². The Balaban J connectivity index is -0.0000000267. The second-order valence-corrected chi connectivity index (χ2v) is 3.08. The van der Waals surface area contributed by atoms with Gasteiger partial charge in [0.05, 0.1) is 0 Å². The first-order chi connectivity index (χ1) is 4.00. The molecule has 0 rings (SSSR count). The van der Waals surface area contributed by atoms with E-state index in [1.54, 1.807) is 0 Å². The molecular weight excluding hydrogens is 255 g/mol. The zero-order valence-corrected chi connectivity index (χ0v) is 8.03. The minimum absolute atomic E-state index is 0. The van der Waals surface area contributed by atoms with E-state index in [0.717, 1.165) is 0 Å². The molecule has 0 amide bonds. The third-order valence-electron chi connectivity index (χ3n) is 0. The van der Waals surface area contributed by atoms with Crippen molar-refractivity contribution in [3.05, 3.63) is 0 Å². The molecule has 0 unspecified atom stereocenters. The average molecular weight is 263 g/mol. The van der Waals surface area contributed by atoms with E-state index in [0.29, 0.717) is 0 Å². The monoisotopic (exact) mass is 263 g/mol. The molecule has 0 spiro atoms. The third-order valence-corrected chi connectivity index (χ3v) is 0. The summed E-state index contributed by atoms with van der Waals surface area (Å²) in [6.07, 6.45) is 0. The molecule has 0 aliphatic heterocycles. The molecule has 0 aliphatic carbocycles. The molecule has 8 nitrogen and oxygen atoms in total. The van der Waals surface area contributed by atoms with Gasteiger partial charge in [-0.3, -0.25) is 0 Å². The second kappa shape index (κ2) is 12.1. The van der Waals surface area contributed by atoms with Gasteiger partial charge in [0.25, 0.3) is 0 Å². The fourth-order valence-electron chi connectivity index (χ4n) is 0. The second-order valence-electron chi connectivity index (χ2n) is 1.03. The van der Waals surface area contributed by atoms with Crippen LogP contribution < -0.4 is 0 Å². The quantitative estimate of drug-likeness (QED) is 0.197. The van der Waals surface area contributed by atoms with Crippen molar-refractivity contribution in [2.75, 3.05) is 0 Å². The van der Waals surface area contributed by atoms with Crippen LogP contribution in [0.15, 0.2) is 0 Å². The van der Waals surface area contributed by atoms with Gasteiger partial charge in [-0.25, -0.2) is 9.13 Å². The molecule has 13 heteroatoms.